The van der Waals surface area contributed by atoms with Crippen LogP contribution in [-0.2, 0) is 0 Å². The van der Waals surface area contributed by atoms with Gasteiger partial charge in [0, 0.05) is 17.3 Å². The third-order valence-corrected chi connectivity index (χ3v) is 9.19. The number of nitrogens with zero attached hydrogens (tertiary/aromatic N) is 5. The van der Waals surface area contributed by atoms with E-state index in [2.05, 4.69) is 126 Å². The first-order valence-corrected chi connectivity index (χ1v) is 17.0. The van der Waals surface area contributed by atoms with E-state index in [1.807, 2.05) is 60.7 Å². The van der Waals surface area contributed by atoms with E-state index in [9.17, 15) is 0 Å². The van der Waals surface area contributed by atoms with Gasteiger partial charge in [-0.05, 0) is 87.5 Å². The Balaban J connectivity index is 1.10. The molecular weight excluding hydrogens is 623 g/mol. The molecule has 0 saturated carbocycles. The maximum Gasteiger partial charge on any atom is 0.121 e. The fourth-order valence-corrected chi connectivity index (χ4v) is 6.50. The summed E-state index contributed by atoms with van der Waals surface area (Å²) in [6.07, 6.45) is 1.79. The summed E-state index contributed by atoms with van der Waals surface area (Å²) in [5.41, 5.74) is 15.2. The van der Waals surface area contributed by atoms with Crippen molar-refractivity contribution in [3.05, 3.63) is 188 Å². The predicted molar refractivity (Wildman–Crippen MR) is 207 cm³/mol. The molecule has 3 heterocycles. The molecule has 0 N–H and O–H groups in total. The standard InChI is InChI=1S/C46H31N5/c1-3-10-32(11-4-1)34-17-19-36(20-18-34)39-30-41(37-23-21-35(22-24-37)33-12-5-2-6-13-33)46-45(31-39)49-51(50-46)40-27-25-38(26-28-40)42-15-9-16-44(48-42)43-14-7-8-29-47-43/h1-31H. The third-order valence-electron chi connectivity index (χ3n) is 9.19. The van der Waals surface area contributed by atoms with Gasteiger partial charge in [0.05, 0.1) is 22.8 Å². The minimum Gasteiger partial charge on any atom is -0.255 e. The van der Waals surface area contributed by atoms with Crippen molar-refractivity contribution in [1.29, 1.82) is 0 Å². The lowest BCUT2D eigenvalue weighted by atomic mass is 9.95. The van der Waals surface area contributed by atoms with Gasteiger partial charge in [-0.1, -0.05) is 133 Å². The molecule has 5 heteroatoms. The number of benzene rings is 6. The SMILES string of the molecule is c1ccc(-c2ccc(-c3cc(-c4ccc(-c5ccccc5)cc4)c4nn(-c5ccc(-c6cccc(-c7ccccn7)n6)cc5)nc4c3)cc2)cc1. The topological polar surface area (TPSA) is 56.5 Å². The molecule has 0 spiro atoms. The molecule has 3 aromatic heterocycles. The summed E-state index contributed by atoms with van der Waals surface area (Å²) < 4.78 is 0. The largest absolute Gasteiger partial charge is 0.255 e. The van der Waals surface area contributed by atoms with E-state index in [-0.39, 0.29) is 0 Å². The predicted octanol–water partition coefficient (Wildman–Crippen LogP) is 11.2. The van der Waals surface area contributed by atoms with Crippen molar-refractivity contribution in [3.63, 3.8) is 0 Å². The van der Waals surface area contributed by atoms with Crippen molar-refractivity contribution in [2.75, 3.05) is 0 Å². The zero-order valence-electron chi connectivity index (χ0n) is 27.6. The van der Waals surface area contributed by atoms with Crippen LogP contribution in [0.1, 0.15) is 0 Å². The highest BCUT2D eigenvalue weighted by molar-refractivity contribution is 5.96. The second-order valence-corrected chi connectivity index (χ2v) is 12.4. The number of pyridine rings is 2. The van der Waals surface area contributed by atoms with Crippen LogP contribution in [0, 0.1) is 0 Å². The summed E-state index contributed by atoms with van der Waals surface area (Å²) in [6.45, 7) is 0. The van der Waals surface area contributed by atoms with E-state index in [0.29, 0.717) is 0 Å². The Kier molecular flexibility index (Phi) is 7.76. The minimum absolute atomic E-state index is 0.829. The molecule has 6 aromatic carbocycles. The quantitative estimate of drug-likeness (QED) is 0.172. The number of aromatic nitrogens is 5. The molecule has 0 saturated heterocycles. The Labute approximate surface area is 296 Å². The molecule has 0 radical (unpaired) electrons. The van der Waals surface area contributed by atoms with Crippen LogP contribution in [0.25, 0.3) is 83.9 Å². The summed E-state index contributed by atoms with van der Waals surface area (Å²) >= 11 is 0. The maximum atomic E-state index is 5.07. The Bertz CT molecular complexity index is 2580. The van der Waals surface area contributed by atoms with Crippen LogP contribution in [0.2, 0.25) is 0 Å². The van der Waals surface area contributed by atoms with Crippen molar-refractivity contribution >= 4 is 11.0 Å². The van der Waals surface area contributed by atoms with Crippen LogP contribution in [0.15, 0.2) is 188 Å². The van der Waals surface area contributed by atoms with E-state index in [1.54, 1.807) is 11.0 Å². The van der Waals surface area contributed by atoms with Crippen LogP contribution in [-0.4, -0.2) is 25.0 Å². The van der Waals surface area contributed by atoms with Crippen molar-refractivity contribution in [1.82, 2.24) is 25.0 Å². The molecule has 0 aliphatic rings. The highest BCUT2D eigenvalue weighted by Gasteiger charge is 2.15. The molecule has 0 unspecified atom stereocenters. The molecule has 9 rings (SSSR count). The molecule has 9 aromatic rings. The summed E-state index contributed by atoms with van der Waals surface area (Å²) in [7, 11) is 0. The molecule has 0 atom stereocenters. The summed E-state index contributed by atoms with van der Waals surface area (Å²) in [6, 6.07) is 62.8. The first kappa shape index (κ1) is 30.1. The first-order valence-electron chi connectivity index (χ1n) is 17.0. The smallest absolute Gasteiger partial charge is 0.121 e. The van der Waals surface area contributed by atoms with Gasteiger partial charge in [0.25, 0.3) is 0 Å². The molecule has 0 aliphatic carbocycles. The van der Waals surface area contributed by atoms with E-state index >= 15 is 0 Å². The zero-order valence-corrected chi connectivity index (χ0v) is 27.6. The highest BCUT2D eigenvalue weighted by Crippen LogP contribution is 2.35. The van der Waals surface area contributed by atoms with Crippen LogP contribution < -0.4 is 0 Å². The molecule has 240 valence electrons. The lowest BCUT2D eigenvalue weighted by Gasteiger charge is -2.09. The average molecular weight is 654 g/mol. The van der Waals surface area contributed by atoms with Crippen molar-refractivity contribution in [2.24, 2.45) is 0 Å². The van der Waals surface area contributed by atoms with Crippen molar-refractivity contribution in [3.8, 4) is 72.8 Å². The van der Waals surface area contributed by atoms with Crippen molar-refractivity contribution in [2.45, 2.75) is 0 Å². The average Bonchev–Trinajstić information content (AvgIpc) is 3.66. The number of rotatable bonds is 7. The van der Waals surface area contributed by atoms with E-state index in [1.165, 1.54) is 22.3 Å². The summed E-state index contributed by atoms with van der Waals surface area (Å²) in [4.78, 5) is 11.1. The van der Waals surface area contributed by atoms with Gasteiger partial charge >= 0.3 is 0 Å². The molecule has 5 nitrogen and oxygen atoms in total. The summed E-state index contributed by atoms with van der Waals surface area (Å²) in [5.74, 6) is 0. The van der Waals surface area contributed by atoms with Crippen LogP contribution in [0.5, 0.6) is 0 Å². The van der Waals surface area contributed by atoms with Gasteiger partial charge in [0.2, 0.25) is 0 Å². The Morgan fingerprint density at radius 3 is 1.51 bits per heavy atom. The first-order chi connectivity index (χ1) is 25.2. The Morgan fingerprint density at radius 1 is 0.353 bits per heavy atom. The van der Waals surface area contributed by atoms with Gasteiger partial charge < -0.3 is 0 Å². The van der Waals surface area contributed by atoms with Crippen LogP contribution in [0.3, 0.4) is 0 Å². The molecule has 0 bridgehead atoms. The Morgan fingerprint density at radius 2 is 0.882 bits per heavy atom. The number of fused-ring (bicyclic) bond motifs is 1. The fourth-order valence-electron chi connectivity index (χ4n) is 6.50. The normalized spacial score (nSPS) is 11.1. The molecular formula is C46H31N5. The molecule has 0 aliphatic heterocycles. The molecule has 0 amide bonds. The monoisotopic (exact) mass is 653 g/mol. The lowest BCUT2D eigenvalue weighted by molar-refractivity contribution is 0.766. The van der Waals surface area contributed by atoms with Gasteiger partial charge in [0.1, 0.15) is 11.0 Å². The highest BCUT2D eigenvalue weighted by atomic mass is 15.5. The van der Waals surface area contributed by atoms with Crippen LogP contribution in [0.4, 0.5) is 0 Å². The molecule has 51 heavy (non-hydrogen) atoms. The third kappa shape index (κ3) is 6.09. The van der Waals surface area contributed by atoms with Gasteiger partial charge in [0.15, 0.2) is 0 Å². The second kappa shape index (κ2) is 13.1. The fraction of sp³-hybridized carbons (Fsp3) is 0. The second-order valence-electron chi connectivity index (χ2n) is 12.4. The summed E-state index contributed by atoms with van der Waals surface area (Å²) in [5, 5.41) is 10.1. The van der Waals surface area contributed by atoms with Gasteiger partial charge in [-0.15, -0.1) is 10.2 Å². The van der Waals surface area contributed by atoms with Gasteiger partial charge in [-0.3, -0.25) is 4.98 Å². The molecule has 0 fully saturated rings. The number of hydrogen-bond donors (Lipinski definition) is 0. The van der Waals surface area contributed by atoms with Gasteiger partial charge in [-0.25, -0.2) is 4.98 Å². The van der Waals surface area contributed by atoms with Gasteiger partial charge in [-0.2, -0.15) is 4.80 Å². The Hall–Kier alpha value is -6.98. The van der Waals surface area contributed by atoms with Crippen molar-refractivity contribution < 1.29 is 0 Å². The lowest BCUT2D eigenvalue weighted by Crippen LogP contribution is -1.98. The van der Waals surface area contributed by atoms with Crippen LogP contribution >= 0.6 is 0 Å². The minimum atomic E-state index is 0.829. The van der Waals surface area contributed by atoms with E-state index in [4.69, 9.17) is 15.2 Å². The van der Waals surface area contributed by atoms with E-state index in [0.717, 1.165) is 61.6 Å². The maximum absolute atomic E-state index is 5.07. The van der Waals surface area contributed by atoms with E-state index < -0.39 is 0 Å². The zero-order chi connectivity index (χ0) is 34.0. The number of hydrogen-bond acceptors (Lipinski definition) is 4.